The van der Waals surface area contributed by atoms with Gasteiger partial charge in [-0.1, -0.05) is 23.7 Å². The third kappa shape index (κ3) is 4.77. The van der Waals surface area contributed by atoms with Crippen LogP contribution in [0.15, 0.2) is 29.6 Å². The lowest BCUT2D eigenvalue weighted by atomic mass is 10.2. The Bertz CT molecular complexity index is 702. The van der Waals surface area contributed by atoms with E-state index in [0.717, 1.165) is 5.56 Å². The van der Waals surface area contributed by atoms with E-state index in [4.69, 9.17) is 16.3 Å². The standard InChI is InChI=1S/C16H17ClN2O4S/c1-22-8-7-19(9-14(20)23-2)16(21)13-10-24-15(18-13)11-3-5-12(17)6-4-11/h3-6,10H,7-9H2,1-2H3. The van der Waals surface area contributed by atoms with Crippen molar-refractivity contribution in [2.24, 2.45) is 0 Å². The van der Waals surface area contributed by atoms with Crippen LogP contribution in [0.4, 0.5) is 0 Å². The van der Waals surface area contributed by atoms with E-state index in [1.807, 2.05) is 12.1 Å². The SMILES string of the molecule is COCCN(CC(=O)OC)C(=O)c1csc(-c2ccc(Cl)cc2)n1. The largest absolute Gasteiger partial charge is 0.468 e. The zero-order valence-electron chi connectivity index (χ0n) is 13.3. The van der Waals surface area contributed by atoms with Gasteiger partial charge in [0.05, 0.1) is 13.7 Å². The Hall–Kier alpha value is -1.96. The molecule has 24 heavy (non-hydrogen) atoms. The number of nitrogens with zero attached hydrogens (tertiary/aromatic N) is 2. The first-order valence-electron chi connectivity index (χ1n) is 7.11. The summed E-state index contributed by atoms with van der Waals surface area (Å²) < 4.78 is 9.61. The minimum atomic E-state index is -0.493. The second kappa shape index (κ2) is 8.77. The Balaban J connectivity index is 2.17. The number of benzene rings is 1. The molecule has 1 amide bonds. The molecule has 1 aromatic carbocycles. The maximum atomic E-state index is 12.6. The summed E-state index contributed by atoms with van der Waals surface area (Å²) in [6, 6.07) is 7.21. The summed E-state index contributed by atoms with van der Waals surface area (Å²) in [5.41, 5.74) is 1.16. The van der Waals surface area contributed by atoms with Gasteiger partial charge in [0.25, 0.3) is 5.91 Å². The molecule has 0 aliphatic heterocycles. The number of amides is 1. The van der Waals surface area contributed by atoms with Crippen molar-refractivity contribution >= 4 is 34.8 Å². The molecule has 0 spiro atoms. The van der Waals surface area contributed by atoms with Gasteiger partial charge in [-0.05, 0) is 12.1 Å². The number of thiazole rings is 1. The highest BCUT2D eigenvalue weighted by molar-refractivity contribution is 7.13. The van der Waals surface area contributed by atoms with Crippen LogP contribution in [0.3, 0.4) is 0 Å². The zero-order valence-corrected chi connectivity index (χ0v) is 14.9. The van der Waals surface area contributed by atoms with Crippen LogP contribution in [0, 0.1) is 0 Å². The van der Waals surface area contributed by atoms with Gasteiger partial charge in [-0.2, -0.15) is 0 Å². The Morgan fingerprint density at radius 1 is 1.25 bits per heavy atom. The second-order valence-corrected chi connectivity index (χ2v) is 6.13. The summed E-state index contributed by atoms with van der Waals surface area (Å²) in [6.45, 7) is 0.446. The molecule has 0 fully saturated rings. The number of rotatable bonds is 7. The third-order valence-corrected chi connectivity index (χ3v) is 4.36. The highest BCUT2D eigenvalue weighted by atomic mass is 35.5. The maximum Gasteiger partial charge on any atom is 0.325 e. The van der Waals surface area contributed by atoms with Crippen LogP contribution in [0.25, 0.3) is 10.6 Å². The van der Waals surface area contributed by atoms with E-state index < -0.39 is 5.97 Å². The summed E-state index contributed by atoms with van der Waals surface area (Å²) in [5, 5.41) is 3.01. The molecular weight excluding hydrogens is 352 g/mol. The van der Waals surface area contributed by atoms with Gasteiger partial charge >= 0.3 is 5.97 Å². The van der Waals surface area contributed by atoms with Crippen LogP contribution in [-0.4, -0.2) is 55.7 Å². The van der Waals surface area contributed by atoms with Crippen molar-refractivity contribution in [1.82, 2.24) is 9.88 Å². The normalized spacial score (nSPS) is 10.5. The molecule has 1 aromatic heterocycles. The van der Waals surface area contributed by atoms with Crippen molar-refractivity contribution in [3.63, 3.8) is 0 Å². The number of methoxy groups -OCH3 is 2. The first-order chi connectivity index (χ1) is 11.5. The van der Waals surface area contributed by atoms with E-state index >= 15 is 0 Å². The Labute approximate surface area is 149 Å². The van der Waals surface area contributed by atoms with Gasteiger partial charge in [-0.3, -0.25) is 9.59 Å². The van der Waals surface area contributed by atoms with Gasteiger partial charge in [-0.25, -0.2) is 4.98 Å². The van der Waals surface area contributed by atoms with Crippen molar-refractivity contribution in [2.75, 3.05) is 33.9 Å². The molecule has 2 aromatic rings. The van der Waals surface area contributed by atoms with Gasteiger partial charge < -0.3 is 14.4 Å². The van der Waals surface area contributed by atoms with Crippen molar-refractivity contribution in [3.05, 3.63) is 40.4 Å². The predicted octanol–water partition coefficient (Wildman–Crippen LogP) is 2.73. The van der Waals surface area contributed by atoms with Gasteiger partial charge in [0.15, 0.2) is 0 Å². The van der Waals surface area contributed by atoms with Crippen LogP contribution >= 0.6 is 22.9 Å². The number of esters is 1. The predicted molar refractivity (Wildman–Crippen MR) is 92.4 cm³/mol. The minimum Gasteiger partial charge on any atom is -0.468 e. The summed E-state index contributed by atoms with van der Waals surface area (Å²) in [7, 11) is 2.81. The molecule has 1 heterocycles. The quantitative estimate of drug-likeness (QED) is 0.703. The molecule has 0 bridgehead atoms. The zero-order chi connectivity index (χ0) is 17.5. The molecule has 0 radical (unpaired) electrons. The number of carbonyl (C=O) groups is 2. The topological polar surface area (TPSA) is 68.7 Å². The van der Waals surface area contributed by atoms with Gasteiger partial charge in [-0.15, -0.1) is 11.3 Å². The summed E-state index contributed by atoms with van der Waals surface area (Å²) in [5.74, 6) is -0.832. The van der Waals surface area contributed by atoms with Crippen LogP contribution in [0.5, 0.6) is 0 Å². The lowest BCUT2D eigenvalue weighted by Gasteiger charge is -2.19. The van der Waals surface area contributed by atoms with E-state index in [9.17, 15) is 9.59 Å². The molecule has 0 aliphatic rings. The highest BCUT2D eigenvalue weighted by Crippen LogP contribution is 2.25. The van der Waals surface area contributed by atoms with Crippen molar-refractivity contribution in [1.29, 1.82) is 0 Å². The average molecular weight is 369 g/mol. The van der Waals surface area contributed by atoms with Crippen molar-refractivity contribution in [3.8, 4) is 10.6 Å². The number of ether oxygens (including phenoxy) is 2. The minimum absolute atomic E-state index is 0.146. The molecular formula is C16H17ClN2O4S. The van der Waals surface area contributed by atoms with Crippen molar-refractivity contribution < 1.29 is 19.1 Å². The molecule has 0 atom stereocenters. The summed E-state index contributed by atoms with van der Waals surface area (Å²) in [6.07, 6.45) is 0. The highest BCUT2D eigenvalue weighted by Gasteiger charge is 2.21. The molecule has 0 N–H and O–H groups in total. The number of hydrogen-bond acceptors (Lipinski definition) is 6. The molecule has 2 rings (SSSR count). The third-order valence-electron chi connectivity index (χ3n) is 3.21. The maximum absolute atomic E-state index is 12.6. The van der Waals surface area contributed by atoms with Crippen LogP contribution in [0.2, 0.25) is 5.02 Å². The number of aromatic nitrogens is 1. The Morgan fingerprint density at radius 3 is 2.58 bits per heavy atom. The lowest BCUT2D eigenvalue weighted by Crippen LogP contribution is -2.38. The average Bonchev–Trinajstić information content (AvgIpc) is 3.08. The van der Waals surface area contributed by atoms with Crippen LogP contribution in [0.1, 0.15) is 10.5 Å². The molecule has 0 unspecified atom stereocenters. The fourth-order valence-corrected chi connectivity index (χ4v) is 2.86. The lowest BCUT2D eigenvalue weighted by molar-refractivity contribution is -0.141. The first-order valence-corrected chi connectivity index (χ1v) is 8.37. The van der Waals surface area contributed by atoms with Gasteiger partial charge in [0.1, 0.15) is 17.2 Å². The number of halogens is 1. The smallest absolute Gasteiger partial charge is 0.325 e. The molecule has 6 nitrogen and oxygen atoms in total. The Morgan fingerprint density at radius 2 is 1.96 bits per heavy atom. The van der Waals surface area contributed by atoms with E-state index in [0.29, 0.717) is 16.6 Å². The van der Waals surface area contributed by atoms with E-state index in [1.54, 1.807) is 17.5 Å². The van der Waals surface area contributed by atoms with Crippen molar-refractivity contribution in [2.45, 2.75) is 0 Å². The van der Waals surface area contributed by atoms with Crippen LogP contribution < -0.4 is 0 Å². The van der Waals surface area contributed by atoms with Gasteiger partial charge in [0, 0.05) is 29.6 Å². The Kier molecular flexibility index (Phi) is 6.72. The summed E-state index contributed by atoms with van der Waals surface area (Å²) >= 11 is 7.23. The molecule has 128 valence electrons. The second-order valence-electron chi connectivity index (χ2n) is 4.84. The molecule has 0 saturated heterocycles. The van der Waals surface area contributed by atoms with E-state index in [2.05, 4.69) is 9.72 Å². The molecule has 0 saturated carbocycles. The molecule has 0 aliphatic carbocycles. The first kappa shape index (κ1) is 18.4. The van der Waals surface area contributed by atoms with Gasteiger partial charge in [0.2, 0.25) is 0 Å². The van der Waals surface area contributed by atoms with Crippen LogP contribution in [-0.2, 0) is 14.3 Å². The number of carbonyl (C=O) groups excluding carboxylic acids is 2. The summed E-state index contributed by atoms with van der Waals surface area (Å²) in [4.78, 5) is 29.8. The van der Waals surface area contributed by atoms with E-state index in [-0.39, 0.29) is 24.7 Å². The fourth-order valence-electron chi connectivity index (χ4n) is 1.93. The number of hydrogen-bond donors (Lipinski definition) is 0. The fraction of sp³-hybridized carbons (Fsp3) is 0.312. The monoisotopic (exact) mass is 368 g/mol. The van der Waals surface area contributed by atoms with E-state index in [1.165, 1.54) is 30.5 Å². The molecule has 8 heteroatoms.